The Labute approximate surface area is 87.8 Å². The molecule has 14 heavy (non-hydrogen) atoms. The van der Waals surface area contributed by atoms with Gasteiger partial charge in [-0.15, -0.1) is 0 Å². The molecule has 3 nitrogen and oxygen atoms in total. The third-order valence-corrected chi connectivity index (χ3v) is 3.95. The van der Waals surface area contributed by atoms with E-state index in [1.807, 2.05) is 7.11 Å². The topological polar surface area (TPSA) is 24.5 Å². The molecule has 0 amide bonds. The van der Waals surface area contributed by atoms with Crippen molar-refractivity contribution in [1.29, 1.82) is 0 Å². The summed E-state index contributed by atoms with van der Waals surface area (Å²) in [4.78, 5) is 2.29. The zero-order valence-corrected chi connectivity index (χ0v) is 10.2. The van der Waals surface area contributed by atoms with Gasteiger partial charge in [-0.1, -0.05) is 0 Å². The van der Waals surface area contributed by atoms with Crippen LogP contribution in [0.1, 0.15) is 32.6 Å². The largest absolute Gasteiger partial charge is 0.379 e. The van der Waals surface area contributed by atoms with E-state index in [2.05, 4.69) is 38.3 Å². The van der Waals surface area contributed by atoms with E-state index in [0.29, 0.717) is 0 Å². The molecule has 0 aromatic heterocycles. The first kappa shape index (κ1) is 12.0. The summed E-state index contributed by atoms with van der Waals surface area (Å²) in [5.74, 6) is 0. The smallest absolute Gasteiger partial charge is 0.0707 e. The summed E-state index contributed by atoms with van der Waals surface area (Å²) in [7, 11) is 8.16. The molecule has 1 saturated carbocycles. The highest BCUT2D eigenvalue weighted by Gasteiger charge is 2.40. The fourth-order valence-electron chi connectivity index (χ4n) is 2.32. The quantitative estimate of drug-likeness (QED) is 0.698. The van der Waals surface area contributed by atoms with Crippen LogP contribution in [0.5, 0.6) is 0 Å². The standard InChI is InChI=1S/C11H24N2O/c1-10(14-5)6-8-11(12-2,9-7-10)13(3)4/h12H,6-9H2,1-5H3. The van der Waals surface area contributed by atoms with Crippen LogP contribution < -0.4 is 5.32 Å². The molecule has 0 aromatic carbocycles. The second-order valence-corrected chi connectivity index (χ2v) is 4.83. The molecule has 1 aliphatic rings. The molecule has 0 unspecified atom stereocenters. The minimum atomic E-state index is 0.0936. The molecule has 0 radical (unpaired) electrons. The SMILES string of the molecule is CNC1(N(C)C)CCC(C)(OC)CC1. The van der Waals surface area contributed by atoms with Crippen molar-refractivity contribution >= 4 is 0 Å². The van der Waals surface area contributed by atoms with Gasteiger partial charge in [-0.05, 0) is 53.8 Å². The predicted molar refractivity (Wildman–Crippen MR) is 59.4 cm³/mol. The van der Waals surface area contributed by atoms with Gasteiger partial charge in [-0.25, -0.2) is 0 Å². The second kappa shape index (κ2) is 4.17. The Morgan fingerprint density at radius 3 is 1.93 bits per heavy atom. The van der Waals surface area contributed by atoms with E-state index in [1.54, 1.807) is 0 Å². The Kier molecular flexibility index (Phi) is 3.56. The van der Waals surface area contributed by atoms with Gasteiger partial charge < -0.3 is 10.1 Å². The fourth-order valence-corrected chi connectivity index (χ4v) is 2.32. The maximum Gasteiger partial charge on any atom is 0.0707 e. The van der Waals surface area contributed by atoms with E-state index in [1.165, 1.54) is 0 Å². The average molecular weight is 200 g/mol. The lowest BCUT2D eigenvalue weighted by molar-refractivity contribution is -0.0676. The lowest BCUT2D eigenvalue weighted by Gasteiger charge is -2.48. The monoisotopic (exact) mass is 200 g/mol. The molecule has 0 bridgehead atoms. The van der Waals surface area contributed by atoms with Crippen LogP contribution in [0.2, 0.25) is 0 Å². The number of hydrogen-bond donors (Lipinski definition) is 1. The van der Waals surface area contributed by atoms with Crippen molar-refractivity contribution in [3.05, 3.63) is 0 Å². The van der Waals surface area contributed by atoms with Crippen LogP contribution in [0, 0.1) is 0 Å². The van der Waals surface area contributed by atoms with Gasteiger partial charge in [0.15, 0.2) is 0 Å². The summed E-state index contributed by atoms with van der Waals surface area (Å²) in [5.41, 5.74) is 0.272. The molecular formula is C11H24N2O. The Hall–Kier alpha value is -0.120. The van der Waals surface area contributed by atoms with Crippen molar-refractivity contribution in [3.8, 4) is 0 Å². The van der Waals surface area contributed by atoms with Crippen molar-refractivity contribution in [2.24, 2.45) is 0 Å². The molecular weight excluding hydrogens is 176 g/mol. The van der Waals surface area contributed by atoms with Gasteiger partial charge in [-0.3, -0.25) is 4.90 Å². The van der Waals surface area contributed by atoms with Crippen molar-refractivity contribution in [3.63, 3.8) is 0 Å². The Balaban J connectivity index is 2.64. The van der Waals surface area contributed by atoms with Crippen LogP contribution >= 0.6 is 0 Å². The van der Waals surface area contributed by atoms with Gasteiger partial charge in [0.05, 0.1) is 11.3 Å². The fraction of sp³-hybridized carbons (Fsp3) is 1.00. The molecule has 0 heterocycles. The maximum absolute atomic E-state index is 5.55. The van der Waals surface area contributed by atoms with Gasteiger partial charge >= 0.3 is 0 Å². The lowest BCUT2D eigenvalue weighted by Crippen LogP contribution is -2.58. The predicted octanol–water partition coefficient (Wildman–Crippen LogP) is 1.44. The second-order valence-electron chi connectivity index (χ2n) is 4.83. The molecule has 0 aromatic rings. The first-order chi connectivity index (χ1) is 6.48. The third-order valence-electron chi connectivity index (χ3n) is 3.95. The van der Waals surface area contributed by atoms with E-state index >= 15 is 0 Å². The molecule has 0 aliphatic heterocycles. The number of ether oxygens (including phenoxy) is 1. The van der Waals surface area contributed by atoms with Crippen LogP contribution in [0.3, 0.4) is 0 Å². The van der Waals surface area contributed by atoms with Crippen molar-refractivity contribution < 1.29 is 4.74 Å². The zero-order valence-electron chi connectivity index (χ0n) is 10.2. The third kappa shape index (κ3) is 2.10. The van der Waals surface area contributed by atoms with Gasteiger partial charge in [0.25, 0.3) is 0 Å². The maximum atomic E-state index is 5.55. The van der Waals surface area contributed by atoms with Crippen LogP contribution in [0.15, 0.2) is 0 Å². The highest BCUT2D eigenvalue weighted by atomic mass is 16.5. The van der Waals surface area contributed by atoms with Gasteiger partial charge in [0.2, 0.25) is 0 Å². The highest BCUT2D eigenvalue weighted by Crippen LogP contribution is 2.37. The molecule has 0 saturated heterocycles. The first-order valence-electron chi connectivity index (χ1n) is 5.39. The molecule has 0 spiro atoms. The minimum Gasteiger partial charge on any atom is -0.379 e. The van der Waals surface area contributed by atoms with E-state index in [0.717, 1.165) is 25.7 Å². The normalized spacial score (nSPS) is 39.0. The van der Waals surface area contributed by atoms with Crippen LogP contribution in [-0.2, 0) is 4.74 Å². The molecule has 1 fully saturated rings. The molecule has 1 aliphatic carbocycles. The average Bonchev–Trinajstić information content (AvgIpc) is 2.19. The lowest BCUT2D eigenvalue weighted by atomic mass is 9.79. The van der Waals surface area contributed by atoms with E-state index < -0.39 is 0 Å². The van der Waals surface area contributed by atoms with Gasteiger partial charge in [0.1, 0.15) is 0 Å². The Morgan fingerprint density at radius 2 is 1.64 bits per heavy atom. The van der Waals surface area contributed by atoms with Gasteiger partial charge in [0, 0.05) is 7.11 Å². The molecule has 3 heteroatoms. The molecule has 84 valence electrons. The Morgan fingerprint density at radius 1 is 1.14 bits per heavy atom. The van der Waals surface area contributed by atoms with Gasteiger partial charge in [-0.2, -0.15) is 0 Å². The van der Waals surface area contributed by atoms with Crippen molar-refractivity contribution in [2.45, 2.75) is 43.9 Å². The highest BCUT2D eigenvalue weighted by molar-refractivity contribution is 4.94. The number of nitrogens with zero attached hydrogens (tertiary/aromatic N) is 1. The summed E-state index contributed by atoms with van der Waals surface area (Å²) < 4.78 is 5.55. The van der Waals surface area contributed by atoms with Crippen LogP contribution in [0.25, 0.3) is 0 Å². The van der Waals surface area contributed by atoms with E-state index in [-0.39, 0.29) is 11.3 Å². The van der Waals surface area contributed by atoms with Crippen LogP contribution in [0.4, 0.5) is 0 Å². The first-order valence-corrected chi connectivity index (χ1v) is 5.39. The molecule has 0 atom stereocenters. The number of hydrogen-bond acceptors (Lipinski definition) is 3. The zero-order chi connectivity index (χ0) is 10.8. The van der Waals surface area contributed by atoms with E-state index in [4.69, 9.17) is 4.74 Å². The number of methoxy groups -OCH3 is 1. The summed E-state index contributed by atoms with van der Waals surface area (Å²) in [6.07, 6.45) is 4.56. The van der Waals surface area contributed by atoms with Crippen molar-refractivity contribution in [2.75, 3.05) is 28.3 Å². The van der Waals surface area contributed by atoms with E-state index in [9.17, 15) is 0 Å². The molecule has 1 rings (SSSR count). The number of rotatable bonds is 3. The number of nitrogens with one attached hydrogen (secondary N) is 1. The Bertz CT molecular complexity index is 184. The minimum absolute atomic E-state index is 0.0936. The van der Waals surface area contributed by atoms with Crippen LogP contribution in [-0.4, -0.2) is 44.4 Å². The summed E-state index contributed by atoms with van der Waals surface area (Å²) in [6.45, 7) is 2.21. The van der Waals surface area contributed by atoms with Crippen molar-refractivity contribution in [1.82, 2.24) is 10.2 Å². The summed E-state index contributed by atoms with van der Waals surface area (Å²) in [5, 5.41) is 3.45. The summed E-state index contributed by atoms with van der Waals surface area (Å²) >= 11 is 0. The molecule has 1 N–H and O–H groups in total. The summed E-state index contributed by atoms with van der Waals surface area (Å²) in [6, 6.07) is 0.